The summed E-state index contributed by atoms with van der Waals surface area (Å²) in [6.45, 7) is 5.92. The topological polar surface area (TPSA) is 72.7 Å². The largest absolute Gasteiger partial charge is 0.494 e. The lowest BCUT2D eigenvalue weighted by Gasteiger charge is -2.14. The molecule has 0 radical (unpaired) electrons. The maximum atomic E-state index is 5.76. The van der Waals surface area contributed by atoms with Gasteiger partial charge in [-0.1, -0.05) is 18.2 Å². The van der Waals surface area contributed by atoms with Crippen LogP contribution in [0.25, 0.3) is 0 Å². The van der Waals surface area contributed by atoms with Crippen LogP contribution in [-0.2, 0) is 13.6 Å². The number of guanidine groups is 1. The van der Waals surface area contributed by atoms with Crippen molar-refractivity contribution in [1.29, 1.82) is 0 Å². The molecule has 0 bridgehead atoms. The van der Waals surface area contributed by atoms with Crippen LogP contribution < -0.4 is 20.1 Å². The number of para-hydroxylation sites is 1. The van der Waals surface area contributed by atoms with Gasteiger partial charge in [0.15, 0.2) is 5.96 Å². The quantitative estimate of drug-likeness (QED) is 0.164. The molecule has 0 saturated heterocycles. The highest BCUT2D eigenvalue weighted by molar-refractivity contribution is 14.0. The third-order valence-corrected chi connectivity index (χ3v) is 4.44. The molecule has 0 aliphatic heterocycles. The lowest BCUT2D eigenvalue weighted by molar-refractivity contribution is 0.242. The SMILES string of the molecule is CC(C)Oc1ccc(NC(=NCc2ccnn2C)NCCCOc2ccccc2)cc1.I. The second kappa shape index (κ2) is 13.6. The second-order valence-corrected chi connectivity index (χ2v) is 7.37. The fourth-order valence-corrected chi connectivity index (χ4v) is 2.87. The molecule has 0 atom stereocenters. The Hall–Kier alpha value is -2.75. The van der Waals surface area contributed by atoms with Gasteiger partial charge < -0.3 is 20.1 Å². The van der Waals surface area contributed by atoms with E-state index < -0.39 is 0 Å². The summed E-state index contributed by atoms with van der Waals surface area (Å²) in [6, 6.07) is 19.7. The van der Waals surface area contributed by atoms with Crippen molar-refractivity contribution in [1.82, 2.24) is 15.1 Å². The minimum Gasteiger partial charge on any atom is -0.494 e. The normalized spacial score (nSPS) is 11.1. The van der Waals surface area contributed by atoms with E-state index in [1.54, 1.807) is 6.20 Å². The first-order valence-electron chi connectivity index (χ1n) is 10.6. The molecule has 8 heteroatoms. The van der Waals surface area contributed by atoms with E-state index in [-0.39, 0.29) is 30.1 Å². The van der Waals surface area contributed by atoms with Crippen LogP contribution in [-0.4, -0.2) is 35.0 Å². The molecule has 7 nitrogen and oxygen atoms in total. The molecule has 2 aromatic carbocycles. The molecule has 1 heterocycles. The molecule has 3 aromatic rings. The molecule has 172 valence electrons. The summed E-state index contributed by atoms with van der Waals surface area (Å²) in [5, 5.41) is 10.9. The first-order valence-corrected chi connectivity index (χ1v) is 10.6. The zero-order valence-corrected chi connectivity index (χ0v) is 21.2. The number of nitrogens with one attached hydrogen (secondary N) is 2. The molecular weight excluding hydrogens is 517 g/mol. The third kappa shape index (κ3) is 8.78. The van der Waals surface area contributed by atoms with Crippen LogP contribution in [0.15, 0.2) is 71.9 Å². The molecular formula is C24H32IN5O2. The van der Waals surface area contributed by atoms with Gasteiger partial charge in [0.05, 0.1) is 24.9 Å². The van der Waals surface area contributed by atoms with Crippen molar-refractivity contribution in [3.63, 3.8) is 0 Å². The first-order chi connectivity index (χ1) is 15.1. The number of aliphatic imine (C=N–C) groups is 1. The number of hydrogen-bond acceptors (Lipinski definition) is 4. The standard InChI is InChI=1S/C24H31N5O2.HI/c1-19(2)31-23-12-10-20(11-13-23)28-24(26-18-21-14-16-27-29(21)3)25-15-7-17-30-22-8-5-4-6-9-22;/h4-6,8-14,16,19H,7,15,17-18H2,1-3H3,(H2,25,26,28);1H. The summed E-state index contributed by atoms with van der Waals surface area (Å²) in [5.41, 5.74) is 1.97. The number of aryl methyl sites for hydroxylation is 1. The highest BCUT2D eigenvalue weighted by Gasteiger charge is 2.04. The van der Waals surface area contributed by atoms with Gasteiger partial charge in [0.25, 0.3) is 0 Å². The average Bonchev–Trinajstić information content (AvgIpc) is 3.18. The number of anilines is 1. The number of ether oxygens (including phenoxy) is 2. The van der Waals surface area contributed by atoms with E-state index in [4.69, 9.17) is 14.5 Å². The van der Waals surface area contributed by atoms with Gasteiger partial charge in [0.2, 0.25) is 0 Å². The minimum atomic E-state index is 0. The third-order valence-electron chi connectivity index (χ3n) is 4.44. The Labute approximate surface area is 207 Å². The van der Waals surface area contributed by atoms with Gasteiger partial charge in [0, 0.05) is 25.5 Å². The van der Waals surface area contributed by atoms with E-state index in [2.05, 4.69) is 15.7 Å². The van der Waals surface area contributed by atoms with Crippen LogP contribution in [0.4, 0.5) is 5.69 Å². The summed E-state index contributed by atoms with van der Waals surface area (Å²) < 4.78 is 13.3. The van der Waals surface area contributed by atoms with Crippen molar-refractivity contribution in [2.24, 2.45) is 12.0 Å². The van der Waals surface area contributed by atoms with E-state index in [0.717, 1.165) is 35.8 Å². The lowest BCUT2D eigenvalue weighted by atomic mass is 10.3. The summed E-state index contributed by atoms with van der Waals surface area (Å²) >= 11 is 0. The Morgan fingerprint density at radius 2 is 1.78 bits per heavy atom. The molecule has 32 heavy (non-hydrogen) atoms. The first kappa shape index (κ1) is 25.5. The minimum absolute atomic E-state index is 0. The van der Waals surface area contributed by atoms with Crippen LogP contribution >= 0.6 is 24.0 Å². The molecule has 3 rings (SSSR count). The van der Waals surface area contributed by atoms with Crippen molar-refractivity contribution in [2.45, 2.75) is 32.9 Å². The Bertz CT molecular complexity index is 943. The van der Waals surface area contributed by atoms with Gasteiger partial charge in [-0.3, -0.25) is 4.68 Å². The number of hydrogen-bond donors (Lipinski definition) is 2. The molecule has 0 aliphatic rings. The van der Waals surface area contributed by atoms with Crippen LogP contribution in [0, 0.1) is 0 Å². The zero-order valence-electron chi connectivity index (χ0n) is 18.8. The van der Waals surface area contributed by atoms with Crippen molar-refractivity contribution in [3.8, 4) is 11.5 Å². The van der Waals surface area contributed by atoms with E-state index >= 15 is 0 Å². The summed E-state index contributed by atoms with van der Waals surface area (Å²) in [5.74, 6) is 2.44. The summed E-state index contributed by atoms with van der Waals surface area (Å²) in [6.07, 6.45) is 2.77. The van der Waals surface area contributed by atoms with Crippen molar-refractivity contribution in [3.05, 3.63) is 72.6 Å². The Morgan fingerprint density at radius 1 is 1.03 bits per heavy atom. The molecule has 0 fully saturated rings. The van der Waals surface area contributed by atoms with Crippen LogP contribution in [0.5, 0.6) is 11.5 Å². The van der Waals surface area contributed by atoms with Gasteiger partial charge in [-0.05, 0) is 62.7 Å². The van der Waals surface area contributed by atoms with Crippen molar-refractivity contribution in [2.75, 3.05) is 18.5 Å². The maximum absolute atomic E-state index is 5.76. The highest BCUT2D eigenvalue weighted by Crippen LogP contribution is 2.17. The number of nitrogens with zero attached hydrogens (tertiary/aromatic N) is 3. The van der Waals surface area contributed by atoms with Gasteiger partial charge >= 0.3 is 0 Å². The Morgan fingerprint density at radius 3 is 2.44 bits per heavy atom. The second-order valence-electron chi connectivity index (χ2n) is 7.37. The van der Waals surface area contributed by atoms with Crippen molar-refractivity contribution >= 4 is 35.6 Å². The molecule has 0 amide bonds. The molecule has 0 aliphatic carbocycles. The van der Waals surface area contributed by atoms with Gasteiger partial charge in [-0.2, -0.15) is 5.10 Å². The lowest BCUT2D eigenvalue weighted by Crippen LogP contribution is -2.32. The van der Waals surface area contributed by atoms with Crippen LogP contribution in [0.1, 0.15) is 26.0 Å². The van der Waals surface area contributed by atoms with Crippen LogP contribution in [0.3, 0.4) is 0 Å². The highest BCUT2D eigenvalue weighted by atomic mass is 127. The number of halogens is 1. The summed E-state index contributed by atoms with van der Waals surface area (Å²) in [7, 11) is 1.92. The molecule has 1 aromatic heterocycles. The fourth-order valence-electron chi connectivity index (χ4n) is 2.87. The smallest absolute Gasteiger partial charge is 0.196 e. The summed E-state index contributed by atoms with van der Waals surface area (Å²) in [4.78, 5) is 4.71. The Balaban J connectivity index is 0.00000363. The van der Waals surface area contributed by atoms with Gasteiger partial charge in [-0.25, -0.2) is 4.99 Å². The van der Waals surface area contributed by atoms with Crippen molar-refractivity contribution < 1.29 is 9.47 Å². The van der Waals surface area contributed by atoms with Gasteiger partial charge in [0.1, 0.15) is 11.5 Å². The molecule has 0 spiro atoms. The average molecular weight is 549 g/mol. The zero-order chi connectivity index (χ0) is 21.9. The van der Waals surface area contributed by atoms with Crippen LogP contribution in [0.2, 0.25) is 0 Å². The number of rotatable bonds is 10. The number of benzene rings is 2. The monoisotopic (exact) mass is 549 g/mol. The fraction of sp³-hybridized carbons (Fsp3) is 0.333. The molecule has 0 unspecified atom stereocenters. The maximum Gasteiger partial charge on any atom is 0.196 e. The van der Waals surface area contributed by atoms with E-state index in [9.17, 15) is 0 Å². The van der Waals surface area contributed by atoms with E-state index in [1.807, 2.05) is 86.2 Å². The van der Waals surface area contributed by atoms with E-state index in [1.165, 1.54) is 0 Å². The molecule has 0 saturated carbocycles. The molecule has 2 N–H and O–H groups in total. The Kier molecular flexibility index (Phi) is 10.9. The number of aromatic nitrogens is 2. The van der Waals surface area contributed by atoms with Gasteiger partial charge in [-0.15, -0.1) is 24.0 Å². The predicted octanol–water partition coefficient (Wildman–Crippen LogP) is 4.85. The van der Waals surface area contributed by atoms with E-state index in [0.29, 0.717) is 19.1 Å². The predicted molar refractivity (Wildman–Crippen MR) is 140 cm³/mol.